The number of hydrogen-bond donors (Lipinski definition) is 1. The van der Waals surface area contributed by atoms with Crippen LogP contribution in [0.25, 0.3) is 16.9 Å². The van der Waals surface area contributed by atoms with Gasteiger partial charge in [-0.3, -0.25) is 9.36 Å². The van der Waals surface area contributed by atoms with Crippen LogP contribution < -0.4 is 4.90 Å². The Balaban J connectivity index is 1.50. The third-order valence-electron chi connectivity index (χ3n) is 6.49. The van der Waals surface area contributed by atoms with Crippen LogP contribution in [0.1, 0.15) is 56.1 Å². The van der Waals surface area contributed by atoms with Gasteiger partial charge in [-0.25, -0.2) is 15.0 Å². The molecule has 2 atom stereocenters. The maximum Gasteiger partial charge on any atom is 0.288 e. The molecule has 176 valence electrons. The van der Waals surface area contributed by atoms with Crippen molar-refractivity contribution in [3.63, 3.8) is 0 Å². The van der Waals surface area contributed by atoms with Crippen LogP contribution in [0.4, 0.5) is 14.5 Å². The van der Waals surface area contributed by atoms with Gasteiger partial charge in [-0.15, -0.1) is 0 Å². The standard InChI is InChI=1S/C25H26F2N6O/c1-4-5-6-18-23(33(24(18)34)16-7-9-19-20(11-16)29-13-28-19)17-8-10-22(31-15(17)2)32-12-21(30-14-32)25(3,26)27/h7-14,18,23H,4-6H2,1-3H3,(H,28,29)/t18-,23+/m1/s1. The number of aromatic amines is 1. The van der Waals surface area contributed by atoms with Crippen LogP contribution in [0, 0.1) is 12.8 Å². The zero-order valence-corrected chi connectivity index (χ0v) is 19.3. The molecule has 0 saturated carbocycles. The van der Waals surface area contributed by atoms with Crippen LogP contribution in [0.15, 0.2) is 49.2 Å². The number of β-lactam (4-membered cyclic amide) rings is 1. The van der Waals surface area contributed by atoms with E-state index < -0.39 is 5.92 Å². The molecule has 4 aromatic rings. The quantitative estimate of drug-likeness (QED) is 0.369. The van der Waals surface area contributed by atoms with Crippen LogP contribution in [0.3, 0.4) is 0 Å². The number of nitrogens with one attached hydrogen (secondary N) is 1. The Labute approximate surface area is 195 Å². The number of alkyl halides is 2. The van der Waals surface area contributed by atoms with E-state index in [1.807, 2.05) is 36.1 Å². The van der Waals surface area contributed by atoms with Crippen molar-refractivity contribution in [2.24, 2.45) is 5.92 Å². The van der Waals surface area contributed by atoms with Crippen molar-refractivity contribution in [3.8, 4) is 5.82 Å². The Morgan fingerprint density at radius 3 is 2.71 bits per heavy atom. The molecule has 3 aromatic heterocycles. The number of anilines is 1. The van der Waals surface area contributed by atoms with Gasteiger partial charge in [-0.1, -0.05) is 25.8 Å². The molecule has 1 fully saturated rings. The normalized spacial score (nSPS) is 18.5. The molecular weight excluding hydrogens is 438 g/mol. The lowest BCUT2D eigenvalue weighted by atomic mass is 9.78. The summed E-state index contributed by atoms with van der Waals surface area (Å²) in [4.78, 5) is 30.9. The summed E-state index contributed by atoms with van der Waals surface area (Å²) in [6.07, 6.45) is 7.06. The summed E-state index contributed by atoms with van der Waals surface area (Å²) >= 11 is 0. The molecule has 0 radical (unpaired) electrons. The summed E-state index contributed by atoms with van der Waals surface area (Å²) in [5, 5.41) is 0. The number of aromatic nitrogens is 5. The number of rotatable bonds is 7. The van der Waals surface area contributed by atoms with E-state index in [4.69, 9.17) is 0 Å². The Hall–Kier alpha value is -3.62. The van der Waals surface area contributed by atoms with E-state index in [2.05, 4.69) is 26.9 Å². The van der Waals surface area contributed by atoms with Gasteiger partial charge < -0.3 is 9.88 Å². The van der Waals surface area contributed by atoms with Gasteiger partial charge in [0.25, 0.3) is 5.92 Å². The van der Waals surface area contributed by atoms with Crippen LogP contribution in [-0.4, -0.2) is 30.4 Å². The minimum atomic E-state index is -3.02. The SMILES string of the molecule is CCCC[C@H]1C(=O)N(c2ccc3nc[nH]c3c2)[C@H]1c1ccc(-n2cnc(C(C)(F)F)c2)nc1C. The van der Waals surface area contributed by atoms with Gasteiger partial charge in [0, 0.05) is 24.5 Å². The highest BCUT2D eigenvalue weighted by Gasteiger charge is 2.49. The summed E-state index contributed by atoms with van der Waals surface area (Å²) in [5.41, 5.74) is 3.93. The topological polar surface area (TPSA) is 79.7 Å². The van der Waals surface area contributed by atoms with Gasteiger partial charge in [0.1, 0.15) is 17.8 Å². The third-order valence-corrected chi connectivity index (χ3v) is 6.49. The molecule has 1 amide bonds. The van der Waals surface area contributed by atoms with Crippen LogP contribution in [0.2, 0.25) is 0 Å². The molecule has 0 spiro atoms. The van der Waals surface area contributed by atoms with E-state index in [-0.39, 0.29) is 23.6 Å². The van der Waals surface area contributed by atoms with Crippen molar-refractivity contribution >= 4 is 22.6 Å². The van der Waals surface area contributed by atoms with Crippen molar-refractivity contribution in [2.45, 2.75) is 52.0 Å². The average Bonchev–Trinajstić information content (AvgIpc) is 3.47. The second-order valence-electron chi connectivity index (χ2n) is 8.90. The molecule has 5 rings (SSSR count). The highest BCUT2D eigenvalue weighted by molar-refractivity contribution is 6.04. The number of nitrogens with zero attached hydrogens (tertiary/aromatic N) is 5. The molecule has 1 saturated heterocycles. The van der Waals surface area contributed by atoms with Crippen LogP contribution >= 0.6 is 0 Å². The maximum atomic E-state index is 13.6. The Bertz CT molecular complexity index is 1350. The molecule has 0 aliphatic carbocycles. The molecule has 9 heteroatoms. The number of carbonyl (C=O) groups is 1. The number of carbonyl (C=O) groups excluding carboxylic acids is 1. The minimum absolute atomic E-state index is 0.102. The number of aryl methyl sites for hydroxylation is 1. The Kier molecular flexibility index (Phi) is 5.42. The first kappa shape index (κ1) is 22.2. The van der Waals surface area contributed by atoms with E-state index in [1.165, 1.54) is 17.1 Å². The van der Waals surface area contributed by atoms with Crippen molar-refractivity contribution in [1.29, 1.82) is 0 Å². The van der Waals surface area contributed by atoms with Gasteiger partial charge in [-0.2, -0.15) is 8.78 Å². The second-order valence-corrected chi connectivity index (χ2v) is 8.90. The molecule has 7 nitrogen and oxygen atoms in total. The molecule has 1 aliphatic rings. The maximum absolute atomic E-state index is 13.6. The number of pyridine rings is 1. The lowest BCUT2D eigenvalue weighted by Crippen LogP contribution is -2.55. The first-order valence-corrected chi connectivity index (χ1v) is 11.4. The van der Waals surface area contributed by atoms with E-state index in [1.54, 1.807) is 12.4 Å². The van der Waals surface area contributed by atoms with Gasteiger partial charge in [-0.05, 0) is 43.2 Å². The summed E-state index contributed by atoms with van der Waals surface area (Å²) < 4.78 is 28.7. The van der Waals surface area contributed by atoms with E-state index >= 15 is 0 Å². The van der Waals surface area contributed by atoms with E-state index in [9.17, 15) is 13.6 Å². The molecule has 1 N–H and O–H groups in total. The highest BCUT2D eigenvalue weighted by atomic mass is 19.3. The first-order valence-electron chi connectivity index (χ1n) is 11.4. The summed E-state index contributed by atoms with van der Waals surface area (Å²) in [5.74, 6) is -2.53. The molecule has 34 heavy (non-hydrogen) atoms. The number of imidazole rings is 2. The molecule has 0 bridgehead atoms. The lowest BCUT2D eigenvalue weighted by molar-refractivity contribution is -0.130. The molecule has 1 aromatic carbocycles. The highest BCUT2D eigenvalue weighted by Crippen LogP contribution is 2.46. The zero-order chi connectivity index (χ0) is 24.0. The van der Waals surface area contributed by atoms with Crippen molar-refractivity contribution in [2.75, 3.05) is 4.90 Å². The van der Waals surface area contributed by atoms with E-state index in [0.717, 1.165) is 54.2 Å². The predicted molar refractivity (Wildman–Crippen MR) is 125 cm³/mol. The Morgan fingerprint density at radius 1 is 1.18 bits per heavy atom. The van der Waals surface area contributed by atoms with Gasteiger partial charge in [0.05, 0.1) is 29.3 Å². The molecule has 1 aliphatic heterocycles. The van der Waals surface area contributed by atoms with Gasteiger partial charge in [0.15, 0.2) is 0 Å². The molecule has 4 heterocycles. The van der Waals surface area contributed by atoms with Crippen molar-refractivity contribution in [3.05, 3.63) is 66.1 Å². The molecular formula is C25H26F2N6O. The summed E-state index contributed by atoms with van der Waals surface area (Å²) in [6.45, 7) is 4.82. The first-order chi connectivity index (χ1) is 16.3. The number of amides is 1. The monoisotopic (exact) mass is 464 g/mol. The fourth-order valence-electron chi connectivity index (χ4n) is 4.66. The number of benzene rings is 1. The summed E-state index contributed by atoms with van der Waals surface area (Å²) in [6, 6.07) is 9.35. The largest absolute Gasteiger partial charge is 0.345 e. The number of unbranched alkanes of at least 4 members (excludes halogenated alkanes) is 1. The third kappa shape index (κ3) is 3.74. The number of fused-ring (bicyclic) bond motifs is 1. The Morgan fingerprint density at radius 2 is 2.00 bits per heavy atom. The fraction of sp³-hybridized carbons (Fsp3) is 0.360. The zero-order valence-electron chi connectivity index (χ0n) is 19.3. The lowest BCUT2D eigenvalue weighted by Gasteiger charge is -2.48. The number of H-pyrrole nitrogens is 1. The predicted octanol–water partition coefficient (Wildman–Crippen LogP) is 5.46. The van der Waals surface area contributed by atoms with Gasteiger partial charge >= 0.3 is 0 Å². The van der Waals surface area contributed by atoms with Crippen LogP contribution in [-0.2, 0) is 10.7 Å². The second kappa shape index (κ2) is 8.30. The van der Waals surface area contributed by atoms with Crippen molar-refractivity contribution < 1.29 is 13.6 Å². The van der Waals surface area contributed by atoms with Gasteiger partial charge in [0.2, 0.25) is 5.91 Å². The number of halogens is 2. The van der Waals surface area contributed by atoms with Crippen molar-refractivity contribution in [1.82, 2.24) is 24.5 Å². The smallest absolute Gasteiger partial charge is 0.288 e. The minimum Gasteiger partial charge on any atom is -0.345 e. The average molecular weight is 465 g/mol. The number of hydrogen-bond acceptors (Lipinski definition) is 4. The fourth-order valence-corrected chi connectivity index (χ4v) is 4.66. The van der Waals surface area contributed by atoms with E-state index in [0.29, 0.717) is 5.82 Å². The summed E-state index contributed by atoms with van der Waals surface area (Å²) in [7, 11) is 0. The molecule has 0 unspecified atom stereocenters. The van der Waals surface area contributed by atoms with Crippen LogP contribution in [0.5, 0.6) is 0 Å².